The van der Waals surface area contributed by atoms with Gasteiger partial charge in [0.25, 0.3) is 0 Å². The number of nitrogens with two attached hydrogens (primary N) is 1. The zero-order valence-electron chi connectivity index (χ0n) is 10.1. The summed E-state index contributed by atoms with van der Waals surface area (Å²) < 4.78 is 5.21. The van der Waals surface area contributed by atoms with Crippen LogP contribution in [-0.4, -0.2) is 21.7 Å². The molecule has 2 N–H and O–H groups in total. The Bertz CT molecular complexity index is 495. The second-order valence-corrected chi connectivity index (χ2v) is 3.98. The summed E-state index contributed by atoms with van der Waals surface area (Å²) in [6.07, 6.45) is 4.45. The Morgan fingerprint density at radius 3 is 3.00 bits per heavy atom. The molecule has 0 aromatic carbocycles. The fourth-order valence-corrected chi connectivity index (χ4v) is 1.57. The van der Waals surface area contributed by atoms with Gasteiger partial charge in [-0.2, -0.15) is 4.98 Å². The van der Waals surface area contributed by atoms with Crippen molar-refractivity contribution in [3.8, 4) is 11.4 Å². The van der Waals surface area contributed by atoms with Gasteiger partial charge in [0.1, 0.15) is 0 Å². The monoisotopic (exact) mass is 232 g/mol. The van der Waals surface area contributed by atoms with E-state index in [0.29, 0.717) is 18.3 Å². The lowest BCUT2D eigenvalue weighted by Crippen LogP contribution is -2.09. The molecule has 2 heterocycles. The van der Waals surface area contributed by atoms with E-state index in [-0.39, 0.29) is 5.92 Å². The molecule has 2 rings (SSSR count). The second-order valence-electron chi connectivity index (χ2n) is 3.98. The van der Waals surface area contributed by atoms with Gasteiger partial charge in [0, 0.05) is 30.4 Å². The number of nitrogens with zero attached hydrogens (tertiary/aromatic N) is 3. The Kier molecular flexibility index (Phi) is 3.49. The highest BCUT2D eigenvalue weighted by atomic mass is 16.5. The van der Waals surface area contributed by atoms with Crippen molar-refractivity contribution in [2.45, 2.75) is 26.2 Å². The molecule has 0 saturated carbocycles. The molecular weight excluding hydrogens is 216 g/mol. The molecule has 0 aliphatic rings. The van der Waals surface area contributed by atoms with Crippen LogP contribution in [0.15, 0.2) is 23.0 Å². The fourth-order valence-electron chi connectivity index (χ4n) is 1.57. The number of aromatic nitrogens is 3. The first-order valence-corrected chi connectivity index (χ1v) is 5.73. The van der Waals surface area contributed by atoms with Gasteiger partial charge in [0.2, 0.25) is 11.7 Å². The summed E-state index contributed by atoms with van der Waals surface area (Å²) in [6, 6.07) is 1.90. The van der Waals surface area contributed by atoms with Crippen molar-refractivity contribution < 1.29 is 4.52 Å². The van der Waals surface area contributed by atoms with E-state index in [1.165, 1.54) is 0 Å². The van der Waals surface area contributed by atoms with E-state index in [9.17, 15) is 0 Å². The average Bonchev–Trinajstić information content (AvgIpc) is 2.87. The number of hydrogen-bond acceptors (Lipinski definition) is 5. The van der Waals surface area contributed by atoms with Crippen molar-refractivity contribution in [2.75, 3.05) is 6.54 Å². The van der Waals surface area contributed by atoms with Gasteiger partial charge in [0.15, 0.2) is 0 Å². The maximum absolute atomic E-state index is 5.57. The molecule has 0 saturated heterocycles. The summed E-state index contributed by atoms with van der Waals surface area (Å²) in [5.74, 6) is 1.28. The van der Waals surface area contributed by atoms with E-state index >= 15 is 0 Å². The zero-order chi connectivity index (χ0) is 12.3. The van der Waals surface area contributed by atoms with Crippen LogP contribution in [0.25, 0.3) is 11.4 Å². The third kappa shape index (κ3) is 2.34. The molecule has 90 valence electrons. The van der Waals surface area contributed by atoms with E-state index < -0.39 is 0 Å². The minimum absolute atomic E-state index is 0.0863. The van der Waals surface area contributed by atoms with Gasteiger partial charge in [-0.25, -0.2) is 0 Å². The van der Waals surface area contributed by atoms with Crippen LogP contribution in [0.2, 0.25) is 0 Å². The predicted molar refractivity (Wildman–Crippen MR) is 64.4 cm³/mol. The van der Waals surface area contributed by atoms with Gasteiger partial charge in [-0.3, -0.25) is 4.98 Å². The van der Waals surface area contributed by atoms with Crippen molar-refractivity contribution in [1.82, 2.24) is 15.1 Å². The highest BCUT2D eigenvalue weighted by molar-refractivity contribution is 5.58. The number of hydrogen-bond donors (Lipinski definition) is 1. The summed E-state index contributed by atoms with van der Waals surface area (Å²) in [5, 5.41) is 3.99. The van der Waals surface area contributed by atoms with E-state index in [1.54, 1.807) is 6.20 Å². The largest absolute Gasteiger partial charge is 0.339 e. The molecule has 0 amide bonds. The quantitative estimate of drug-likeness (QED) is 0.869. The predicted octanol–water partition coefficient (Wildman–Crippen LogP) is 1.76. The Hall–Kier alpha value is -1.75. The first-order chi connectivity index (χ1) is 8.26. The van der Waals surface area contributed by atoms with Crippen molar-refractivity contribution in [3.05, 3.63) is 29.9 Å². The Balaban J connectivity index is 2.37. The minimum atomic E-state index is 0.0863. The van der Waals surface area contributed by atoms with Crippen molar-refractivity contribution in [2.24, 2.45) is 5.73 Å². The SMILES string of the molecule is CCc1cnccc1-c1noc(C(C)CN)n1. The molecule has 0 aliphatic carbocycles. The zero-order valence-corrected chi connectivity index (χ0v) is 10.1. The van der Waals surface area contributed by atoms with Crippen LogP contribution in [0.5, 0.6) is 0 Å². The van der Waals surface area contributed by atoms with E-state index in [2.05, 4.69) is 22.0 Å². The minimum Gasteiger partial charge on any atom is -0.339 e. The third-order valence-corrected chi connectivity index (χ3v) is 2.74. The van der Waals surface area contributed by atoms with E-state index in [1.807, 2.05) is 19.2 Å². The maximum atomic E-state index is 5.57. The molecule has 0 spiro atoms. The molecule has 5 nitrogen and oxygen atoms in total. The van der Waals surface area contributed by atoms with Gasteiger partial charge in [-0.1, -0.05) is 19.0 Å². The first kappa shape index (κ1) is 11.7. The summed E-state index contributed by atoms with van der Waals surface area (Å²) in [6.45, 7) is 4.53. The average molecular weight is 232 g/mol. The lowest BCUT2D eigenvalue weighted by atomic mass is 10.1. The van der Waals surface area contributed by atoms with Crippen LogP contribution >= 0.6 is 0 Å². The molecule has 0 bridgehead atoms. The fraction of sp³-hybridized carbons (Fsp3) is 0.417. The number of rotatable bonds is 4. The summed E-state index contributed by atoms with van der Waals surface area (Å²) in [5.41, 5.74) is 7.66. The summed E-state index contributed by atoms with van der Waals surface area (Å²) in [4.78, 5) is 8.47. The normalized spacial score (nSPS) is 12.6. The van der Waals surface area contributed by atoms with Gasteiger partial charge < -0.3 is 10.3 Å². The van der Waals surface area contributed by atoms with Crippen molar-refractivity contribution >= 4 is 0 Å². The molecule has 1 atom stereocenters. The van der Waals surface area contributed by atoms with Crippen LogP contribution in [0.4, 0.5) is 0 Å². The smallest absolute Gasteiger partial charge is 0.231 e. The van der Waals surface area contributed by atoms with Crippen LogP contribution < -0.4 is 5.73 Å². The molecule has 5 heteroatoms. The molecule has 17 heavy (non-hydrogen) atoms. The Labute approximate surface area is 100 Å². The van der Waals surface area contributed by atoms with Gasteiger partial charge in [0.05, 0.1) is 0 Å². The Morgan fingerprint density at radius 1 is 1.47 bits per heavy atom. The number of aryl methyl sites for hydroxylation is 1. The van der Waals surface area contributed by atoms with E-state index in [0.717, 1.165) is 17.5 Å². The standard InChI is InChI=1S/C12H16N4O/c1-3-9-7-14-5-4-10(9)11-15-12(17-16-11)8(2)6-13/h4-5,7-8H,3,6,13H2,1-2H3. The second kappa shape index (κ2) is 5.05. The van der Waals surface area contributed by atoms with E-state index in [4.69, 9.17) is 10.3 Å². The number of pyridine rings is 1. The molecule has 0 radical (unpaired) electrons. The lowest BCUT2D eigenvalue weighted by Gasteiger charge is -2.01. The van der Waals surface area contributed by atoms with Gasteiger partial charge in [-0.05, 0) is 18.1 Å². The molecule has 1 unspecified atom stereocenters. The molecule has 0 aliphatic heterocycles. The molecular formula is C12H16N4O. The van der Waals surface area contributed by atoms with Gasteiger partial charge >= 0.3 is 0 Å². The van der Waals surface area contributed by atoms with Crippen molar-refractivity contribution in [3.63, 3.8) is 0 Å². The third-order valence-electron chi connectivity index (χ3n) is 2.74. The summed E-state index contributed by atoms with van der Waals surface area (Å²) in [7, 11) is 0. The first-order valence-electron chi connectivity index (χ1n) is 5.73. The Morgan fingerprint density at radius 2 is 2.29 bits per heavy atom. The van der Waals surface area contributed by atoms with Crippen LogP contribution in [0.3, 0.4) is 0 Å². The highest BCUT2D eigenvalue weighted by Gasteiger charge is 2.15. The maximum Gasteiger partial charge on any atom is 0.231 e. The highest BCUT2D eigenvalue weighted by Crippen LogP contribution is 2.22. The van der Waals surface area contributed by atoms with Crippen LogP contribution in [0.1, 0.15) is 31.2 Å². The summed E-state index contributed by atoms with van der Waals surface area (Å²) >= 11 is 0. The topological polar surface area (TPSA) is 77.8 Å². The molecule has 2 aromatic rings. The molecule has 2 aromatic heterocycles. The lowest BCUT2D eigenvalue weighted by molar-refractivity contribution is 0.361. The van der Waals surface area contributed by atoms with Crippen molar-refractivity contribution in [1.29, 1.82) is 0 Å². The van der Waals surface area contributed by atoms with Crippen LogP contribution in [0, 0.1) is 0 Å². The van der Waals surface area contributed by atoms with Gasteiger partial charge in [-0.15, -0.1) is 0 Å². The molecule has 0 fully saturated rings. The van der Waals surface area contributed by atoms with Crippen LogP contribution in [-0.2, 0) is 6.42 Å².